The van der Waals surface area contributed by atoms with Crippen LogP contribution in [0.1, 0.15) is 39.5 Å². The molecule has 0 saturated heterocycles. The molecule has 0 radical (unpaired) electrons. The molecule has 0 bridgehead atoms. The maximum absolute atomic E-state index is 2.58. The number of hydrogen-bond donors (Lipinski definition) is 0. The Kier molecular flexibility index (Phi) is 6.66. The molecule has 3 aliphatic rings. The summed E-state index contributed by atoms with van der Waals surface area (Å²) >= 11 is 0. The Morgan fingerprint density at radius 1 is 0.919 bits per heavy atom. The number of unbranched alkanes of at least 4 members (excludes halogenated alkanes) is 2. The van der Waals surface area contributed by atoms with Gasteiger partial charge in [0.2, 0.25) is 0 Å². The Morgan fingerprint density at radius 3 is 2.65 bits per heavy atom. The van der Waals surface area contributed by atoms with Gasteiger partial charge in [0.25, 0.3) is 0 Å². The average Bonchev–Trinajstić information content (AvgIpc) is 3.41. The van der Waals surface area contributed by atoms with Gasteiger partial charge in [0, 0.05) is 46.8 Å². The first kappa shape index (κ1) is 23.7. The fraction of sp³-hybridized carbons (Fsp3) is 0.286. The van der Waals surface area contributed by atoms with Crippen LogP contribution in [-0.4, -0.2) is 21.4 Å². The minimum absolute atomic E-state index is 0.433. The van der Waals surface area contributed by atoms with Crippen molar-refractivity contribution in [2.45, 2.75) is 46.1 Å². The van der Waals surface area contributed by atoms with Crippen LogP contribution in [0, 0.1) is 11.8 Å². The first-order chi connectivity index (χ1) is 18.3. The van der Waals surface area contributed by atoms with Gasteiger partial charge in [-0.25, -0.2) is 0 Å². The Morgan fingerprint density at radius 2 is 1.78 bits per heavy atom. The summed E-state index contributed by atoms with van der Waals surface area (Å²) in [5.41, 5.74) is 5.68. The number of rotatable bonds is 9. The molecule has 6 rings (SSSR count). The zero-order valence-corrected chi connectivity index (χ0v) is 22.1. The highest BCUT2D eigenvalue weighted by atomic mass is 15.1. The van der Waals surface area contributed by atoms with Gasteiger partial charge in [0.05, 0.1) is 11.8 Å². The molecule has 3 aromatic rings. The van der Waals surface area contributed by atoms with Crippen LogP contribution in [0.4, 0.5) is 0 Å². The first-order valence-corrected chi connectivity index (χ1v) is 14.1. The minimum Gasteiger partial charge on any atom is -0.340 e. The van der Waals surface area contributed by atoms with Crippen molar-refractivity contribution in [1.29, 1.82) is 0 Å². The Balaban J connectivity index is 1.35. The lowest BCUT2D eigenvalue weighted by molar-refractivity contribution is -0.475. The van der Waals surface area contributed by atoms with E-state index in [-0.39, 0.29) is 0 Å². The number of hydrogen-bond acceptors (Lipinski definition) is 0. The molecule has 0 N–H and O–H groups in total. The summed E-state index contributed by atoms with van der Waals surface area (Å²) in [6.45, 7) is 6.69. The van der Waals surface area contributed by atoms with E-state index in [1.807, 2.05) is 0 Å². The van der Waals surface area contributed by atoms with E-state index in [4.69, 9.17) is 0 Å². The maximum atomic E-state index is 2.58. The topological polar surface area (TPSA) is 7.94 Å². The summed E-state index contributed by atoms with van der Waals surface area (Å²) in [6, 6.07) is 13.4. The second-order valence-corrected chi connectivity index (χ2v) is 10.4. The maximum Gasteiger partial charge on any atom is 0.190 e. The molecular formula is C35H37N2+. The fourth-order valence-electron chi connectivity index (χ4n) is 6.35. The van der Waals surface area contributed by atoms with E-state index < -0.39 is 0 Å². The predicted molar refractivity (Wildman–Crippen MR) is 159 cm³/mol. The van der Waals surface area contributed by atoms with Crippen molar-refractivity contribution in [1.82, 2.24) is 4.57 Å². The molecule has 2 heterocycles. The summed E-state index contributed by atoms with van der Waals surface area (Å²) < 4.78 is 5.09. The third-order valence-electron chi connectivity index (χ3n) is 8.12. The predicted octanol–water partition coefficient (Wildman–Crippen LogP) is 7.66. The average molecular weight is 486 g/mol. The molecule has 37 heavy (non-hydrogen) atoms. The molecule has 2 aromatic carbocycles. The summed E-state index contributed by atoms with van der Waals surface area (Å²) in [7, 11) is 0. The van der Waals surface area contributed by atoms with Gasteiger partial charge in [-0.3, -0.25) is 0 Å². The van der Waals surface area contributed by atoms with Crippen LogP contribution >= 0.6 is 0 Å². The molecule has 2 heteroatoms. The standard InChI is InChI=1S/C35H37N2/c1-3-5-24-36-30(28-18-10-14-26-16-12-22-32(36)34(26)28)20-8-7-9-21-31-29-19-11-15-27-17-13-23-33(35(27)29)37(31)25-6-4-2/h7-23,28,34H,3-6,24-25H2,1-2H3/q+1. The number of aryl methyl sites for hydroxylation is 1. The monoisotopic (exact) mass is 485 g/mol. The van der Waals surface area contributed by atoms with Crippen molar-refractivity contribution in [2.75, 3.05) is 6.54 Å². The van der Waals surface area contributed by atoms with E-state index in [1.54, 1.807) is 0 Å². The van der Waals surface area contributed by atoms with Crippen LogP contribution in [0.15, 0.2) is 108 Å². The first-order valence-electron chi connectivity index (χ1n) is 14.1. The van der Waals surface area contributed by atoms with Gasteiger partial charge >= 0.3 is 0 Å². The van der Waals surface area contributed by atoms with E-state index in [9.17, 15) is 0 Å². The van der Waals surface area contributed by atoms with E-state index in [0.29, 0.717) is 11.8 Å². The molecule has 2 unspecified atom stereocenters. The fourth-order valence-corrected chi connectivity index (χ4v) is 6.35. The van der Waals surface area contributed by atoms with Gasteiger partial charge in [-0.1, -0.05) is 106 Å². The van der Waals surface area contributed by atoms with E-state index in [2.05, 4.69) is 126 Å². The van der Waals surface area contributed by atoms with Gasteiger partial charge < -0.3 is 4.57 Å². The molecule has 2 atom stereocenters. The Bertz CT molecular complexity index is 1590. The van der Waals surface area contributed by atoms with Crippen molar-refractivity contribution in [3.05, 3.63) is 114 Å². The van der Waals surface area contributed by atoms with Crippen molar-refractivity contribution >= 4 is 33.5 Å². The van der Waals surface area contributed by atoms with E-state index in [0.717, 1.165) is 13.1 Å². The highest BCUT2D eigenvalue weighted by Crippen LogP contribution is 2.42. The van der Waals surface area contributed by atoms with Crippen LogP contribution < -0.4 is 5.35 Å². The lowest BCUT2D eigenvalue weighted by Crippen LogP contribution is -2.19. The molecule has 0 fully saturated rings. The second kappa shape index (κ2) is 10.4. The second-order valence-electron chi connectivity index (χ2n) is 10.4. The highest BCUT2D eigenvalue weighted by Gasteiger charge is 2.46. The van der Waals surface area contributed by atoms with Crippen molar-refractivity contribution in [3.8, 4) is 0 Å². The smallest absolute Gasteiger partial charge is 0.190 e. The summed E-state index contributed by atoms with van der Waals surface area (Å²) in [6.07, 6.45) is 29.9. The van der Waals surface area contributed by atoms with Crippen LogP contribution in [-0.2, 0) is 6.54 Å². The summed E-state index contributed by atoms with van der Waals surface area (Å²) in [5.74, 6) is 0.907. The third-order valence-corrected chi connectivity index (χ3v) is 8.12. The SMILES string of the molecule is CCCCn1/c(=C/C=C/C=C/C2=[N+](CCCC)C3=CC=CC4=CC=CC2C43)c2cccc3cccc1c32. The molecule has 2 aliphatic carbocycles. The molecule has 0 saturated carbocycles. The van der Waals surface area contributed by atoms with Gasteiger partial charge in [-0.15, -0.1) is 0 Å². The van der Waals surface area contributed by atoms with Crippen LogP contribution in [0.3, 0.4) is 0 Å². The highest BCUT2D eigenvalue weighted by molar-refractivity contribution is 6.10. The molecule has 0 spiro atoms. The lowest BCUT2D eigenvalue weighted by atomic mass is 9.78. The summed E-state index contributed by atoms with van der Waals surface area (Å²) in [5, 5.41) is 5.38. The Hall–Kier alpha value is -3.65. The Labute approximate surface area is 220 Å². The van der Waals surface area contributed by atoms with Gasteiger partial charge in [-0.2, -0.15) is 4.58 Å². The van der Waals surface area contributed by atoms with Gasteiger partial charge in [0.1, 0.15) is 6.54 Å². The number of aromatic nitrogens is 1. The third kappa shape index (κ3) is 4.19. The van der Waals surface area contributed by atoms with Crippen molar-refractivity contribution < 1.29 is 4.58 Å². The number of benzene rings is 2. The van der Waals surface area contributed by atoms with Gasteiger partial charge in [0.15, 0.2) is 11.4 Å². The van der Waals surface area contributed by atoms with Crippen molar-refractivity contribution in [2.24, 2.45) is 11.8 Å². The normalized spacial score (nSPS) is 21.3. The molecular weight excluding hydrogens is 448 g/mol. The molecule has 0 amide bonds. The molecule has 186 valence electrons. The van der Waals surface area contributed by atoms with Crippen molar-refractivity contribution in [3.63, 3.8) is 0 Å². The van der Waals surface area contributed by atoms with Gasteiger partial charge in [-0.05, 0) is 29.5 Å². The molecule has 1 aliphatic heterocycles. The summed E-state index contributed by atoms with van der Waals surface area (Å²) in [4.78, 5) is 0. The van der Waals surface area contributed by atoms with E-state index in [1.165, 1.54) is 69.7 Å². The zero-order chi connectivity index (χ0) is 25.2. The lowest BCUT2D eigenvalue weighted by Gasteiger charge is -2.20. The molecule has 1 aromatic heterocycles. The quantitative estimate of drug-likeness (QED) is 0.217. The molecule has 2 nitrogen and oxygen atoms in total. The number of nitrogens with zero attached hydrogens (tertiary/aromatic N) is 2. The minimum atomic E-state index is 0.433. The largest absolute Gasteiger partial charge is 0.340 e. The van der Waals surface area contributed by atoms with Crippen LogP contribution in [0.2, 0.25) is 0 Å². The van der Waals surface area contributed by atoms with Crippen LogP contribution in [0.25, 0.3) is 27.8 Å². The van der Waals surface area contributed by atoms with Crippen LogP contribution in [0.5, 0.6) is 0 Å². The zero-order valence-electron chi connectivity index (χ0n) is 22.1. The number of allylic oxidation sites excluding steroid dienone is 11. The van der Waals surface area contributed by atoms with E-state index >= 15 is 0 Å².